The third-order valence-electron chi connectivity index (χ3n) is 0.828. The van der Waals surface area contributed by atoms with Crippen molar-refractivity contribution in [3.8, 4) is 0 Å². The van der Waals surface area contributed by atoms with Crippen LogP contribution >= 0.6 is 0 Å². The molecule has 0 aliphatic heterocycles. The molecule has 1 aliphatic carbocycles. The first-order valence-electron chi connectivity index (χ1n) is 2.07. The van der Waals surface area contributed by atoms with Gasteiger partial charge in [-0.2, -0.15) is 0 Å². The van der Waals surface area contributed by atoms with E-state index in [0.717, 1.165) is 0 Å². The summed E-state index contributed by atoms with van der Waals surface area (Å²) in [7, 11) is 0. The highest BCUT2D eigenvalue weighted by molar-refractivity contribution is 5.17. The quantitative estimate of drug-likeness (QED) is 0.413. The Bertz CT molecular complexity index is 76.2. The maximum atomic E-state index is 3.76. The van der Waals surface area contributed by atoms with Crippen molar-refractivity contribution < 1.29 is 0 Å². The van der Waals surface area contributed by atoms with E-state index in [2.05, 4.69) is 19.1 Å². The topological polar surface area (TPSA) is 0 Å². The van der Waals surface area contributed by atoms with Gasteiger partial charge in [0, 0.05) is 0 Å². The van der Waals surface area contributed by atoms with Gasteiger partial charge in [0.1, 0.15) is 0 Å². The van der Waals surface area contributed by atoms with E-state index in [4.69, 9.17) is 0 Å². The molecule has 0 amide bonds. The van der Waals surface area contributed by atoms with Crippen molar-refractivity contribution >= 4 is 0 Å². The summed E-state index contributed by atoms with van der Waals surface area (Å²) in [6.45, 7) is 3.76. The highest BCUT2D eigenvalue weighted by atomic mass is 14.0. The third kappa shape index (κ3) is 0.510. The highest BCUT2D eigenvalue weighted by Crippen LogP contribution is 2.04. The second kappa shape index (κ2) is 1.29. The molecule has 0 aromatic carbocycles. The summed E-state index contributed by atoms with van der Waals surface area (Å²) in [4.78, 5) is 0. The van der Waals surface area contributed by atoms with Crippen molar-refractivity contribution in [2.75, 3.05) is 0 Å². The van der Waals surface area contributed by atoms with Gasteiger partial charge in [-0.1, -0.05) is 24.3 Å². The van der Waals surface area contributed by atoms with Gasteiger partial charge in [-0.05, 0) is 12.8 Å². The van der Waals surface area contributed by atoms with Crippen LogP contribution < -0.4 is 0 Å². The van der Waals surface area contributed by atoms with Gasteiger partial charge in [0.25, 0.3) is 0 Å². The Hall–Kier alpha value is -0.520. The first-order valence-corrected chi connectivity index (χ1v) is 2.07. The zero-order chi connectivity index (χ0) is 4.41. The molecule has 0 atom stereocenters. The van der Waals surface area contributed by atoms with Crippen molar-refractivity contribution in [2.45, 2.75) is 0 Å². The SMILES string of the molecule is [CH2]C1C=CC=C1. The van der Waals surface area contributed by atoms with Crippen LogP contribution in [0.2, 0.25) is 0 Å². The fraction of sp³-hybridized carbons (Fsp3) is 0.167. The summed E-state index contributed by atoms with van der Waals surface area (Å²) in [5.74, 6) is 0.435. The van der Waals surface area contributed by atoms with Gasteiger partial charge in [-0.15, -0.1) is 0 Å². The van der Waals surface area contributed by atoms with E-state index >= 15 is 0 Å². The largest absolute Gasteiger partial charge is 0.0776 e. The summed E-state index contributed by atoms with van der Waals surface area (Å²) in [6.07, 6.45) is 8.13. The molecular formula is C6H7. The van der Waals surface area contributed by atoms with E-state index < -0.39 is 0 Å². The zero-order valence-corrected chi connectivity index (χ0v) is 3.59. The van der Waals surface area contributed by atoms with Crippen molar-refractivity contribution in [1.82, 2.24) is 0 Å². The fourth-order valence-corrected chi connectivity index (χ4v) is 0.478. The van der Waals surface area contributed by atoms with Gasteiger partial charge in [-0.25, -0.2) is 0 Å². The Balaban J connectivity index is 2.60. The summed E-state index contributed by atoms with van der Waals surface area (Å²) < 4.78 is 0. The van der Waals surface area contributed by atoms with E-state index in [0.29, 0.717) is 5.92 Å². The molecule has 0 bridgehead atoms. The van der Waals surface area contributed by atoms with Crippen LogP contribution in [-0.2, 0) is 0 Å². The first kappa shape index (κ1) is 3.66. The molecule has 1 radical (unpaired) electrons. The molecule has 1 rings (SSSR count). The van der Waals surface area contributed by atoms with Crippen LogP contribution in [0.1, 0.15) is 0 Å². The van der Waals surface area contributed by atoms with E-state index in [9.17, 15) is 0 Å². The van der Waals surface area contributed by atoms with Crippen LogP contribution in [0.3, 0.4) is 0 Å². The van der Waals surface area contributed by atoms with Crippen LogP contribution in [0.5, 0.6) is 0 Å². The molecule has 0 unspecified atom stereocenters. The maximum absolute atomic E-state index is 3.76. The maximum Gasteiger partial charge on any atom is -0.00469 e. The number of hydrogen-bond donors (Lipinski definition) is 0. The molecule has 31 valence electrons. The van der Waals surface area contributed by atoms with E-state index in [-0.39, 0.29) is 0 Å². The van der Waals surface area contributed by atoms with Crippen LogP contribution in [0.25, 0.3) is 0 Å². The van der Waals surface area contributed by atoms with Crippen molar-refractivity contribution in [3.63, 3.8) is 0 Å². The Morgan fingerprint density at radius 3 is 1.83 bits per heavy atom. The Morgan fingerprint density at radius 2 is 1.67 bits per heavy atom. The number of hydrogen-bond acceptors (Lipinski definition) is 0. The van der Waals surface area contributed by atoms with Gasteiger partial charge < -0.3 is 0 Å². The zero-order valence-electron chi connectivity index (χ0n) is 3.59. The van der Waals surface area contributed by atoms with Crippen molar-refractivity contribution in [2.24, 2.45) is 5.92 Å². The normalized spacial score (nSPS) is 20.2. The van der Waals surface area contributed by atoms with Gasteiger partial charge in [0.15, 0.2) is 0 Å². The lowest BCUT2D eigenvalue weighted by molar-refractivity contribution is 1.09. The molecule has 0 heterocycles. The van der Waals surface area contributed by atoms with E-state index in [1.165, 1.54) is 0 Å². The molecule has 6 heavy (non-hydrogen) atoms. The summed E-state index contributed by atoms with van der Waals surface area (Å²) in [6, 6.07) is 0. The summed E-state index contributed by atoms with van der Waals surface area (Å²) in [5, 5.41) is 0. The predicted octanol–water partition coefficient (Wildman–Crippen LogP) is 1.56. The van der Waals surface area contributed by atoms with Gasteiger partial charge in [0.2, 0.25) is 0 Å². The summed E-state index contributed by atoms with van der Waals surface area (Å²) in [5.41, 5.74) is 0. The Kier molecular flexibility index (Phi) is 0.789. The van der Waals surface area contributed by atoms with Gasteiger partial charge >= 0.3 is 0 Å². The summed E-state index contributed by atoms with van der Waals surface area (Å²) >= 11 is 0. The smallest absolute Gasteiger partial charge is 0.00469 e. The first-order chi connectivity index (χ1) is 2.89. The van der Waals surface area contributed by atoms with E-state index in [1.807, 2.05) is 12.2 Å². The minimum atomic E-state index is 0.435. The fourth-order valence-electron chi connectivity index (χ4n) is 0.478. The lowest BCUT2D eigenvalue weighted by Crippen LogP contribution is -1.72. The molecule has 0 saturated carbocycles. The van der Waals surface area contributed by atoms with Crippen LogP contribution in [0, 0.1) is 12.8 Å². The molecule has 1 aliphatic rings. The second-order valence-corrected chi connectivity index (χ2v) is 1.43. The minimum absolute atomic E-state index is 0.435. The second-order valence-electron chi connectivity index (χ2n) is 1.43. The highest BCUT2D eigenvalue weighted by Gasteiger charge is 1.90. The lowest BCUT2D eigenvalue weighted by atomic mass is 10.2. The molecule has 0 spiro atoms. The van der Waals surface area contributed by atoms with Crippen LogP contribution in [0.4, 0.5) is 0 Å². The molecule has 0 nitrogen and oxygen atoms in total. The van der Waals surface area contributed by atoms with Crippen LogP contribution in [0.15, 0.2) is 24.3 Å². The molecule has 0 saturated heterocycles. The number of rotatable bonds is 0. The third-order valence-corrected chi connectivity index (χ3v) is 0.828. The van der Waals surface area contributed by atoms with Crippen LogP contribution in [-0.4, -0.2) is 0 Å². The average molecular weight is 79.1 g/mol. The Morgan fingerprint density at radius 1 is 1.17 bits per heavy atom. The standard InChI is InChI=1S/C6H7/c1-6-4-2-3-5-6/h2-6H,1H2. The van der Waals surface area contributed by atoms with Crippen molar-refractivity contribution in [1.29, 1.82) is 0 Å². The molecule has 0 aromatic heterocycles. The monoisotopic (exact) mass is 79.1 g/mol. The molecule has 0 fully saturated rings. The molecular weight excluding hydrogens is 72.1 g/mol. The minimum Gasteiger partial charge on any atom is -0.0776 e. The van der Waals surface area contributed by atoms with E-state index in [1.54, 1.807) is 0 Å². The van der Waals surface area contributed by atoms with Crippen molar-refractivity contribution in [3.05, 3.63) is 31.2 Å². The lowest BCUT2D eigenvalue weighted by Gasteiger charge is -1.83. The average Bonchev–Trinajstić information content (AvgIpc) is 1.86. The molecule has 0 N–H and O–H groups in total. The molecule has 0 aromatic rings. The predicted molar refractivity (Wildman–Crippen MR) is 27.1 cm³/mol. The number of allylic oxidation sites excluding steroid dienone is 4. The van der Waals surface area contributed by atoms with Gasteiger partial charge in [-0.3, -0.25) is 0 Å². The molecule has 0 heteroatoms. The Labute approximate surface area is 38.2 Å². The van der Waals surface area contributed by atoms with Gasteiger partial charge in [0.05, 0.1) is 0 Å².